The molecular weight excluding hydrogens is 194 g/mol. The first-order valence-electron chi connectivity index (χ1n) is 7.37. The van der Waals surface area contributed by atoms with E-state index in [4.69, 9.17) is 0 Å². The van der Waals surface area contributed by atoms with Crippen LogP contribution in [0.15, 0.2) is 0 Å². The number of nitrogens with zero attached hydrogens (tertiary/aromatic N) is 1. The molecule has 0 aromatic carbocycles. The smallest absolute Gasteiger partial charge is 0.00412 e. The molecular formula is C15H33N. The van der Waals surface area contributed by atoms with Gasteiger partial charge in [-0.2, -0.15) is 0 Å². The van der Waals surface area contributed by atoms with E-state index >= 15 is 0 Å². The second kappa shape index (κ2) is 8.11. The molecule has 0 unspecified atom stereocenters. The largest absolute Gasteiger partial charge is 0.300 e. The van der Waals surface area contributed by atoms with Crippen molar-refractivity contribution in [2.24, 2.45) is 5.41 Å². The van der Waals surface area contributed by atoms with Gasteiger partial charge in [-0.25, -0.2) is 0 Å². The van der Waals surface area contributed by atoms with Gasteiger partial charge in [-0.15, -0.1) is 0 Å². The molecule has 0 aromatic rings. The summed E-state index contributed by atoms with van der Waals surface area (Å²) in [7, 11) is 0. The van der Waals surface area contributed by atoms with Crippen molar-refractivity contribution < 1.29 is 0 Å². The van der Waals surface area contributed by atoms with Crippen molar-refractivity contribution in [3.05, 3.63) is 0 Å². The van der Waals surface area contributed by atoms with Gasteiger partial charge in [0.15, 0.2) is 0 Å². The first kappa shape index (κ1) is 16.0. The molecule has 1 aliphatic heterocycles. The fraction of sp³-hybridized carbons (Fsp3) is 1.00. The van der Waals surface area contributed by atoms with E-state index in [0.717, 1.165) is 11.5 Å². The molecule has 0 amide bonds. The zero-order chi connectivity index (χ0) is 12.6. The molecule has 1 saturated heterocycles. The Kier molecular flexibility index (Phi) is 8.09. The summed E-state index contributed by atoms with van der Waals surface area (Å²) in [5, 5.41) is 0. The van der Waals surface area contributed by atoms with Crippen molar-refractivity contribution in [3.63, 3.8) is 0 Å². The highest BCUT2D eigenvalue weighted by Crippen LogP contribution is 2.48. The van der Waals surface area contributed by atoms with Crippen LogP contribution in [0.1, 0.15) is 73.6 Å². The fourth-order valence-corrected chi connectivity index (χ4v) is 2.50. The van der Waals surface area contributed by atoms with Crippen LogP contribution in [0.4, 0.5) is 0 Å². The monoisotopic (exact) mass is 227 g/mol. The lowest BCUT2D eigenvalue weighted by molar-refractivity contribution is 0.130. The fourth-order valence-electron chi connectivity index (χ4n) is 2.50. The van der Waals surface area contributed by atoms with Gasteiger partial charge in [0.1, 0.15) is 0 Å². The predicted octanol–water partition coefficient (Wildman–Crippen LogP) is 4.71. The third-order valence-electron chi connectivity index (χ3n) is 3.61. The Bertz CT molecular complexity index is 159. The highest BCUT2D eigenvalue weighted by atomic mass is 15.2. The summed E-state index contributed by atoms with van der Waals surface area (Å²) in [6.07, 6.45) is 7.24. The molecule has 0 N–H and O–H groups in total. The molecule has 16 heavy (non-hydrogen) atoms. The molecule has 2 rings (SSSR count). The van der Waals surface area contributed by atoms with Crippen molar-refractivity contribution in [1.29, 1.82) is 0 Å². The van der Waals surface area contributed by atoms with Gasteiger partial charge in [0, 0.05) is 12.6 Å². The molecule has 98 valence electrons. The van der Waals surface area contributed by atoms with Crippen LogP contribution in [0.2, 0.25) is 0 Å². The van der Waals surface area contributed by atoms with Crippen LogP contribution in [0.3, 0.4) is 0 Å². The molecule has 0 atom stereocenters. The van der Waals surface area contributed by atoms with Crippen LogP contribution in [0.25, 0.3) is 0 Å². The number of likely N-dealkylation sites (tertiary alicyclic amines) is 1. The van der Waals surface area contributed by atoms with Gasteiger partial charge >= 0.3 is 0 Å². The maximum atomic E-state index is 2.64. The molecule has 0 radical (unpaired) electrons. The SMILES string of the molecule is CC.CC(C)N1CCC2(CCC2)C1.CCC. The predicted molar refractivity (Wildman–Crippen MR) is 74.9 cm³/mol. The average Bonchev–Trinajstić information content (AvgIpc) is 2.66. The lowest BCUT2D eigenvalue weighted by Crippen LogP contribution is -2.35. The van der Waals surface area contributed by atoms with E-state index in [1.807, 2.05) is 13.8 Å². The molecule has 1 heteroatoms. The van der Waals surface area contributed by atoms with E-state index in [9.17, 15) is 0 Å². The molecule has 1 nitrogen and oxygen atoms in total. The molecule has 0 aromatic heterocycles. The Morgan fingerprint density at radius 3 is 1.75 bits per heavy atom. The van der Waals surface area contributed by atoms with Gasteiger partial charge in [-0.05, 0) is 45.1 Å². The summed E-state index contributed by atoms with van der Waals surface area (Å²) < 4.78 is 0. The maximum absolute atomic E-state index is 2.64. The summed E-state index contributed by atoms with van der Waals surface area (Å²) in [5.41, 5.74) is 0.796. The molecule has 1 spiro atoms. The minimum Gasteiger partial charge on any atom is -0.300 e. The standard InChI is InChI=1S/C10H19N.C3H8.C2H6/c1-9(2)11-7-6-10(8-11)4-3-5-10;1-3-2;1-2/h9H,3-8H2,1-2H3;3H2,1-2H3;1-2H3. The zero-order valence-corrected chi connectivity index (χ0v) is 12.5. The van der Waals surface area contributed by atoms with E-state index in [0.29, 0.717) is 0 Å². The first-order valence-corrected chi connectivity index (χ1v) is 7.37. The topological polar surface area (TPSA) is 3.24 Å². The van der Waals surface area contributed by atoms with Gasteiger partial charge in [0.05, 0.1) is 0 Å². The van der Waals surface area contributed by atoms with Crippen LogP contribution in [-0.4, -0.2) is 24.0 Å². The quantitative estimate of drug-likeness (QED) is 0.627. The number of rotatable bonds is 1. The summed E-state index contributed by atoms with van der Waals surface area (Å²) in [5.74, 6) is 0. The Morgan fingerprint density at radius 2 is 1.56 bits per heavy atom. The van der Waals surface area contributed by atoms with Gasteiger partial charge < -0.3 is 4.90 Å². The van der Waals surface area contributed by atoms with Gasteiger partial charge in [-0.1, -0.05) is 40.5 Å². The minimum absolute atomic E-state index is 0.773. The van der Waals surface area contributed by atoms with E-state index in [-0.39, 0.29) is 0 Å². The van der Waals surface area contributed by atoms with Gasteiger partial charge in [-0.3, -0.25) is 0 Å². The van der Waals surface area contributed by atoms with Crippen molar-refractivity contribution >= 4 is 0 Å². The average molecular weight is 227 g/mol. The summed E-state index contributed by atoms with van der Waals surface area (Å²) in [6, 6.07) is 0.773. The molecule has 2 aliphatic rings. The highest BCUT2D eigenvalue weighted by molar-refractivity contribution is 4.96. The minimum atomic E-state index is 0.773. The van der Waals surface area contributed by atoms with Crippen LogP contribution in [-0.2, 0) is 0 Å². The third-order valence-corrected chi connectivity index (χ3v) is 3.61. The molecule has 1 saturated carbocycles. The Morgan fingerprint density at radius 1 is 1.06 bits per heavy atom. The molecule has 1 aliphatic carbocycles. The normalized spacial score (nSPS) is 21.9. The zero-order valence-electron chi connectivity index (χ0n) is 12.5. The van der Waals surface area contributed by atoms with Crippen molar-refractivity contribution in [3.8, 4) is 0 Å². The van der Waals surface area contributed by atoms with Crippen LogP contribution in [0.5, 0.6) is 0 Å². The van der Waals surface area contributed by atoms with E-state index in [1.165, 1.54) is 45.2 Å². The van der Waals surface area contributed by atoms with Crippen molar-refractivity contribution in [2.45, 2.75) is 79.7 Å². The van der Waals surface area contributed by atoms with Crippen molar-refractivity contribution in [1.82, 2.24) is 4.90 Å². The molecule has 1 heterocycles. The second-order valence-corrected chi connectivity index (χ2v) is 5.37. The van der Waals surface area contributed by atoms with Gasteiger partial charge in [0.25, 0.3) is 0 Å². The first-order chi connectivity index (χ1) is 7.63. The van der Waals surface area contributed by atoms with Gasteiger partial charge in [0.2, 0.25) is 0 Å². The van der Waals surface area contributed by atoms with Crippen LogP contribution in [0, 0.1) is 5.41 Å². The summed E-state index contributed by atoms with van der Waals surface area (Å²) in [6.45, 7) is 15.6. The van der Waals surface area contributed by atoms with E-state index < -0.39 is 0 Å². The summed E-state index contributed by atoms with van der Waals surface area (Å²) in [4.78, 5) is 2.64. The summed E-state index contributed by atoms with van der Waals surface area (Å²) >= 11 is 0. The maximum Gasteiger partial charge on any atom is 0.00412 e. The van der Waals surface area contributed by atoms with Crippen LogP contribution < -0.4 is 0 Å². The van der Waals surface area contributed by atoms with Crippen molar-refractivity contribution in [2.75, 3.05) is 13.1 Å². The molecule has 2 fully saturated rings. The van der Waals surface area contributed by atoms with E-state index in [1.54, 1.807) is 0 Å². The lowest BCUT2D eigenvalue weighted by atomic mass is 9.68. The van der Waals surface area contributed by atoms with E-state index in [2.05, 4.69) is 32.6 Å². The lowest BCUT2D eigenvalue weighted by Gasteiger charge is -2.38. The Hall–Kier alpha value is -0.0400. The molecule has 0 bridgehead atoms. The van der Waals surface area contributed by atoms with Crippen LogP contribution >= 0.6 is 0 Å². The number of hydrogen-bond donors (Lipinski definition) is 0. The second-order valence-electron chi connectivity index (χ2n) is 5.37. The highest BCUT2D eigenvalue weighted by Gasteiger charge is 2.42. The third kappa shape index (κ3) is 4.45. The number of hydrogen-bond acceptors (Lipinski definition) is 1. The Labute approximate surface area is 104 Å². The Balaban J connectivity index is 0.000000394.